The summed E-state index contributed by atoms with van der Waals surface area (Å²) in [5, 5.41) is 18.2. The Hall–Kier alpha value is -2.16. The zero-order valence-electron chi connectivity index (χ0n) is 14.6. The lowest BCUT2D eigenvalue weighted by atomic mass is 10.1. The van der Waals surface area contributed by atoms with Crippen LogP contribution < -0.4 is 10.6 Å². The Morgan fingerprint density at radius 2 is 1.89 bits per heavy atom. The topological polar surface area (TPSA) is 96.2 Å². The second-order valence-corrected chi connectivity index (χ2v) is 7.02. The normalized spacial score (nSPS) is 14.7. The predicted molar refractivity (Wildman–Crippen MR) is 107 cm³/mol. The molecule has 3 rings (SSSR count). The van der Waals surface area contributed by atoms with E-state index < -0.39 is 4.92 Å². The van der Waals surface area contributed by atoms with Gasteiger partial charge in [0.15, 0.2) is 0 Å². The molecule has 2 N–H and O–H groups in total. The molecule has 0 saturated carbocycles. The fraction of sp³-hybridized carbons (Fsp3) is 0.412. The van der Waals surface area contributed by atoms with Crippen molar-refractivity contribution in [3.63, 3.8) is 0 Å². The summed E-state index contributed by atoms with van der Waals surface area (Å²) in [5.41, 5.74) is 0.206. The van der Waals surface area contributed by atoms with Gasteiger partial charge in [0.05, 0.1) is 20.7 Å². The highest BCUT2D eigenvalue weighted by atomic mass is 35.5. The number of nitrogens with zero attached hydrogens (tertiary/aromatic N) is 4. The van der Waals surface area contributed by atoms with Crippen molar-refractivity contribution in [3.8, 4) is 0 Å². The summed E-state index contributed by atoms with van der Waals surface area (Å²) in [6.45, 7) is 3.50. The number of aromatic nitrogens is 2. The summed E-state index contributed by atoms with van der Waals surface area (Å²) in [6.07, 6.45) is 4.93. The predicted octanol–water partition coefficient (Wildman–Crippen LogP) is 4.33. The Bertz CT molecular complexity index is 814. The minimum absolute atomic E-state index is 0.0552. The quantitative estimate of drug-likeness (QED) is 0.517. The molecule has 10 heteroatoms. The van der Waals surface area contributed by atoms with Gasteiger partial charge < -0.3 is 15.5 Å². The van der Waals surface area contributed by atoms with Gasteiger partial charge in [-0.25, -0.2) is 9.97 Å². The van der Waals surface area contributed by atoms with Gasteiger partial charge in [-0.1, -0.05) is 35.7 Å². The second kappa shape index (κ2) is 9.16. The molecule has 1 aromatic heterocycles. The van der Waals surface area contributed by atoms with Crippen molar-refractivity contribution >= 4 is 46.2 Å². The number of rotatable bonds is 7. The molecule has 0 spiro atoms. The summed E-state index contributed by atoms with van der Waals surface area (Å²) in [7, 11) is 0. The third-order valence-corrected chi connectivity index (χ3v) is 5.20. The molecule has 1 fully saturated rings. The zero-order chi connectivity index (χ0) is 19.2. The molecule has 1 aliphatic rings. The first-order chi connectivity index (χ1) is 13.1. The highest BCUT2D eigenvalue weighted by molar-refractivity contribution is 6.43. The minimum Gasteiger partial charge on any atom is -0.363 e. The van der Waals surface area contributed by atoms with E-state index in [1.165, 1.54) is 25.6 Å². The molecule has 0 radical (unpaired) electrons. The third kappa shape index (κ3) is 4.97. The standard InChI is InChI=1S/C17H20Cl2N6O2/c18-12-5-4-6-13(14(12)19)23-17-15(25(26)27)16(21-11-22-17)20-7-10-24-8-2-1-3-9-24/h4-6,11H,1-3,7-10H2,(H2,20,21,22,23). The van der Waals surface area contributed by atoms with Crippen molar-refractivity contribution < 1.29 is 4.92 Å². The van der Waals surface area contributed by atoms with Gasteiger partial charge in [0.2, 0.25) is 11.6 Å². The van der Waals surface area contributed by atoms with E-state index in [1.807, 2.05) is 0 Å². The molecule has 2 heterocycles. The third-order valence-electron chi connectivity index (χ3n) is 4.38. The summed E-state index contributed by atoms with van der Waals surface area (Å²) in [4.78, 5) is 21.5. The van der Waals surface area contributed by atoms with E-state index in [0.717, 1.165) is 19.6 Å². The Kier molecular flexibility index (Phi) is 6.65. The smallest absolute Gasteiger partial charge is 0.353 e. The van der Waals surface area contributed by atoms with Crippen LogP contribution in [-0.4, -0.2) is 46.0 Å². The van der Waals surface area contributed by atoms with Crippen LogP contribution in [0.3, 0.4) is 0 Å². The van der Waals surface area contributed by atoms with Gasteiger partial charge in [0.25, 0.3) is 0 Å². The molecule has 0 amide bonds. The van der Waals surface area contributed by atoms with E-state index in [9.17, 15) is 10.1 Å². The van der Waals surface area contributed by atoms with E-state index in [4.69, 9.17) is 23.2 Å². The summed E-state index contributed by atoms with van der Waals surface area (Å²) in [5.74, 6) is 0.229. The first-order valence-electron chi connectivity index (χ1n) is 8.73. The number of halogens is 2. The molecule has 27 heavy (non-hydrogen) atoms. The van der Waals surface area contributed by atoms with Gasteiger partial charge in [-0.05, 0) is 38.1 Å². The lowest BCUT2D eigenvalue weighted by molar-refractivity contribution is -0.383. The SMILES string of the molecule is O=[N+]([O-])c1c(NCCN2CCCCC2)ncnc1Nc1cccc(Cl)c1Cl. The van der Waals surface area contributed by atoms with Gasteiger partial charge in [-0.2, -0.15) is 0 Å². The van der Waals surface area contributed by atoms with Gasteiger partial charge in [0, 0.05) is 13.1 Å². The lowest BCUT2D eigenvalue weighted by Crippen LogP contribution is -2.33. The largest absolute Gasteiger partial charge is 0.363 e. The average Bonchev–Trinajstić information content (AvgIpc) is 2.66. The minimum atomic E-state index is -0.510. The van der Waals surface area contributed by atoms with Crippen LogP contribution in [0.15, 0.2) is 24.5 Å². The van der Waals surface area contributed by atoms with Crippen LogP contribution in [0.4, 0.5) is 23.0 Å². The van der Waals surface area contributed by atoms with E-state index in [0.29, 0.717) is 17.3 Å². The van der Waals surface area contributed by atoms with Crippen LogP contribution >= 0.6 is 23.2 Å². The number of hydrogen-bond acceptors (Lipinski definition) is 7. The fourth-order valence-corrected chi connectivity index (χ4v) is 3.36. The molecule has 8 nitrogen and oxygen atoms in total. The van der Waals surface area contributed by atoms with Crippen molar-refractivity contribution in [1.29, 1.82) is 0 Å². The monoisotopic (exact) mass is 410 g/mol. The molecule has 0 atom stereocenters. The van der Waals surface area contributed by atoms with Crippen LogP contribution in [0.5, 0.6) is 0 Å². The van der Waals surface area contributed by atoms with Crippen molar-refractivity contribution in [2.45, 2.75) is 19.3 Å². The molecular formula is C17H20Cl2N6O2. The molecule has 0 bridgehead atoms. The first-order valence-corrected chi connectivity index (χ1v) is 9.48. The molecule has 0 aliphatic carbocycles. The number of nitrogens with one attached hydrogen (secondary N) is 2. The van der Waals surface area contributed by atoms with Gasteiger partial charge >= 0.3 is 5.69 Å². The lowest BCUT2D eigenvalue weighted by Gasteiger charge is -2.26. The first kappa shape index (κ1) is 19.6. The van der Waals surface area contributed by atoms with E-state index in [-0.39, 0.29) is 22.3 Å². The van der Waals surface area contributed by atoms with E-state index in [2.05, 4.69) is 25.5 Å². The van der Waals surface area contributed by atoms with Crippen LogP contribution in [0, 0.1) is 10.1 Å². The van der Waals surface area contributed by atoms with E-state index in [1.54, 1.807) is 18.2 Å². The fourth-order valence-electron chi connectivity index (χ4n) is 3.02. The number of likely N-dealkylation sites (tertiary alicyclic amines) is 1. The molecule has 2 aromatic rings. The second-order valence-electron chi connectivity index (χ2n) is 6.23. The maximum atomic E-state index is 11.6. The van der Waals surface area contributed by atoms with Crippen molar-refractivity contribution in [3.05, 3.63) is 44.7 Å². The highest BCUT2D eigenvalue weighted by Gasteiger charge is 2.24. The molecule has 0 unspecified atom stereocenters. The zero-order valence-corrected chi connectivity index (χ0v) is 16.1. The van der Waals surface area contributed by atoms with Crippen molar-refractivity contribution in [2.75, 3.05) is 36.8 Å². The molecule has 1 saturated heterocycles. The number of piperidine rings is 1. The van der Waals surface area contributed by atoms with Gasteiger partial charge in [-0.3, -0.25) is 10.1 Å². The van der Waals surface area contributed by atoms with Crippen molar-refractivity contribution in [1.82, 2.24) is 14.9 Å². The van der Waals surface area contributed by atoms with Crippen LogP contribution in [0.1, 0.15) is 19.3 Å². The van der Waals surface area contributed by atoms with Crippen LogP contribution in [0.2, 0.25) is 10.0 Å². The molecule has 144 valence electrons. The number of benzene rings is 1. The molecule has 1 aromatic carbocycles. The Morgan fingerprint density at radius 3 is 2.63 bits per heavy atom. The Morgan fingerprint density at radius 1 is 1.15 bits per heavy atom. The van der Waals surface area contributed by atoms with Crippen LogP contribution in [0.25, 0.3) is 0 Å². The summed E-state index contributed by atoms with van der Waals surface area (Å²) >= 11 is 12.2. The number of anilines is 3. The Labute approximate surface area is 167 Å². The van der Waals surface area contributed by atoms with Crippen LogP contribution in [-0.2, 0) is 0 Å². The number of hydrogen-bond donors (Lipinski definition) is 2. The van der Waals surface area contributed by atoms with Crippen molar-refractivity contribution in [2.24, 2.45) is 0 Å². The Balaban J connectivity index is 1.75. The summed E-state index contributed by atoms with van der Waals surface area (Å²) < 4.78 is 0. The van der Waals surface area contributed by atoms with E-state index >= 15 is 0 Å². The maximum absolute atomic E-state index is 11.6. The summed E-state index contributed by atoms with van der Waals surface area (Å²) in [6, 6.07) is 5.00. The average molecular weight is 411 g/mol. The number of nitro groups is 1. The maximum Gasteiger partial charge on any atom is 0.353 e. The molecular weight excluding hydrogens is 391 g/mol. The van der Waals surface area contributed by atoms with Gasteiger partial charge in [-0.15, -0.1) is 0 Å². The van der Waals surface area contributed by atoms with Gasteiger partial charge in [0.1, 0.15) is 6.33 Å². The molecule has 1 aliphatic heterocycles. The highest BCUT2D eigenvalue weighted by Crippen LogP contribution is 2.35.